The number of nitrogens with zero attached hydrogens (tertiary/aromatic N) is 2. The molecule has 2 unspecified atom stereocenters. The van der Waals surface area contributed by atoms with Crippen molar-refractivity contribution < 1.29 is 9.90 Å². The van der Waals surface area contributed by atoms with Crippen LogP contribution in [-0.4, -0.2) is 40.1 Å². The summed E-state index contributed by atoms with van der Waals surface area (Å²) in [6.45, 7) is 5.27. The number of likely N-dealkylation sites (tertiary alicyclic amines) is 1. The lowest BCUT2D eigenvalue weighted by Gasteiger charge is -2.38. The maximum absolute atomic E-state index is 12.7. The van der Waals surface area contributed by atoms with Crippen molar-refractivity contribution in [2.45, 2.75) is 58.0 Å². The number of carbonyl (C=O) groups excluding carboxylic acids is 1. The van der Waals surface area contributed by atoms with Crippen molar-refractivity contribution in [3.8, 4) is 0 Å². The molecule has 1 aliphatic heterocycles. The molecule has 0 spiro atoms. The summed E-state index contributed by atoms with van der Waals surface area (Å²) in [7, 11) is 0. The number of thiazole rings is 1. The molecule has 1 aliphatic carbocycles. The van der Waals surface area contributed by atoms with E-state index in [9.17, 15) is 9.90 Å². The standard InChI is InChI=1S/C17H26N2O2S/c1-11-8-19(9-12(2)15(11)20)17(21)14-10-22-16(18-14)13-6-4-3-5-7-13/h10-13,15,20H,3-9H2,1-2H3. The predicted molar refractivity (Wildman–Crippen MR) is 88.2 cm³/mol. The van der Waals surface area contributed by atoms with Gasteiger partial charge in [0.2, 0.25) is 0 Å². The van der Waals surface area contributed by atoms with Gasteiger partial charge in [0.25, 0.3) is 5.91 Å². The van der Waals surface area contributed by atoms with E-state index in [4.69, 9.17) is 0 Å². The number of rotatable bonds is 2. The summed E-state index contributed by atoms with van der Waals surface area (Å²) in [5.74, 6) is 0.846. The maximum Gasteiger partial charge on any atom is 0.273 e. The Morgan fingerprint density at radius 1 is 1.23 bits per heavy atom. The summed E-state index contributed by atoms with van der Waals surface area (Å²) >= 11 is 1.64. The SMILES string of the molecule is CC1CN(C(=O)c2csc(C3CCCCC3)n2)CC(C)C1O. The monoisotopic (exact) mass is 322 g/mol. The molecule has 4 nitrogen and oxygen atoms in total. The van der Waals surface area contributed by atoms with E-state index in [-0.39, 0.29) is 23.8 Å². The van der Waals surface area contributed by atoms with Gasteiger partial charge in [-0.2, -0.15) is 0 Å². The molecule has 2 heterocycles. The molecule has 1 N–H and O–H groups in total. The van der Waals surface area contributed by atoms with Crippen LogP contribution in [0.4, 0.5) is 0 Å². The van der Waals surface area contributed by atoms with Gasteiger partial charge < -0.3 is 10.0 Å². The van der Waals surface area contributed by atoms with E-state index in [1.165, 1.54) is 32.1 Å². The number of amides is 1. The average molecular weight is 322 g/mol. The molecule has 2 aliphatic rings. The second kappa shape index (κ2) is 6.67. The fourth-order valence-electron chi connectivity index (χ4n) is 3.80. The number of carbonyl (C=O) groups is 1. The molecule has 2 fully saturated rings. The second-order valence-corrected chi connectivity index (χ2v) is 7.95. The molecule has 122 valence electrons. The highest BCUT2D eigenvalue weighted by Crippen LogP contribution is 2.34. The molecule has 1 saturated heterocycles. The fourth-order valence-corrected chi connectivity index (χ4v) is 4.76. The molecule has 5 heteroatoms. The minimum atomic E-state index is -0.308. The Morgan fingerprint density at radius 2 is 1.86 bits per heavy atom. The molecule has 0 radical (unpaired) electrons. The summed E-state index contributed by atoms with van der Waals surface area (Å²) < 4.78 is 0. The third-order valence-corrected chi connectivity index (χ3v) is 6.17. The molecule has 3 rings (SSSR count). The Kier molecular flexibility index (Phi) is 4.83. The lowest BCUT2D eigenvalue weighted by molar-refractivity contribution is -0.00371. The maximum atomic E-state index is 12.7. The molecule has 0 bridgehead atoms. The molecule has 1 amide bonds. The minimum absolute atomic E-state index is 0.0314. The van der Waals surface area contributed by atoms with Crippen molar-refractivity contribution in [1.82, 2.24) is 9.88 Å². The quantitative estimate of drug-likeness (QED) is 0.909. The Morgan fingerprint density at radius 3 is 2.50 bits per heavy atom. The first-order chi connectivity index (χ1) is 10.6. The normalized spacial score (nSPS) is 30.5. The number of aliphatic hydroxyl groups excluding tert-OH is 1. The molecular formula is C17H26N2O2S. The number of hydrogen-bond acceptors (Lipinski definition) is 4. The largest absolute Gasteiger partial charge is 0.392 e. The van der Waals surface area contributed by atoms with Crippen molar-refractivity contribution in [2.24, 2.45) is 11.8 Å². The Balaban J connectivity index is 1.68. The molecular weight excluding hydrogens is 296 g/mol. The molecule has 2 atom stereocenters. The summed E-state index contributed by atoms with van der Waals surface area (Å²) in [5, 5.41) is 13.1. The van der Waals surface area contributed by atoms with E-state index in [2.05, 4.69) is 4.98 Å². The van der Waals surface area contributed by atoms with Crippen LogP contribution in [0.3, 0.4) is 0 Å². The Labute approximate surface area is 136 Å². The number of aliphatic hydroxyl groups is 1. The van der Waals surface area contributed by atoms with Crippen molar-refractivity contribution in [1.29, 1.82) is 0 Å². The third kappa shape index (κ3) is 3.20. The fraction of sp³-hybridized carbons (Fsp3) is 0.765. The lowest BCUT2D eigenvalue weighted by Crippen LogP contribution is -2.49. The van der Waals surface area contributed by atoms with Crippen LogP contribution in [0.25, 0.3) is 0 Å². The van der Waals surface area contributed by atoms with Crippen molar-refractivity contribution >= 4 is 17.2 Å². The van der Waals surface area contributed by atoms with Crippen LogP contribution in [0.1, 0.15) is 67.4 Å². The van der Waals surface area contributed by atoms with E-state index in [0.29, 0.717) is 24.7 Å². The van der Waals surface area contributed by atoms with Gasteiger partial charge in [-0.05, 0) is 24.7 Å². The molecule has 1 saturated carbocycles. The van der Waals surface area contributed by atoms with Crippen LogP contribution < -0.4 is 0 Å². The third-order valence-electron chi connectivity index (χ3n) is 5.17. The zero-order chi connectivity index (χ0) is 15.7. The molecule has 22 heavy (non-hydrogen) atoms. The van der Waals surface area contributed by atoms with Gasteiger partial charge in [0.05, 0.1) is 11.1 Å². The lowest BCUT2D eigenvalue weighted by atomic mass is 9.88. The van der Waals surface area contributed by atoms with Gasteiger partial charge in [-0.25, -0.2) is 4.98 Å². The van der Waals surface area contributed by atoms with E-state index >= 15 is 0 Å². The van der Waals surface area contributed by atoms with Crippen LogP contribution in [0, 0.1) is 11.8 Å². The molecule has 1 aromatic rings. The first-order valence-electron chi connectivity index (χ1n) is 8.49. The van der Waals surface area contributed by atoms with Gasteiger partial charge in [-0.15, -0.1) is 11.3 Å². The zero-order valence-corrected chi connectivity index (χ0v) is 14.3. The van der Waals surface area contributed by atoms with Crippen molar-refractivity contribution in [2.75, 3.05) is 13.1 Å². The van der Waals surface area contributed by atoms with E-state index in [0.717, 1.165) is 5.01 Å². The van der Waals surface area contributed by atoms with Gasteiger partial charge in [-0.1, -0.05) is 33.1 Å². The van der Waals surface area contributed by atoms with Crippen LogP contribution in [0.15, 0.2) is 5.38 Å². The van der Waals surface area contributed by atoms with Gasteiger partial charge in [0.1, 0.15) is 5.69 Å². The predicted octanol–water partition coefficient (Wildman–Crippen LogP) is 3.28. The minimum Gasteiger partial charge on any atom is -0.392 e. The summed E-state index contributed by atoms with van der Waals surface area (Å²) in [4.78, 5) is 19.2. The highest BCUT2D eigenvalue weighted by Gasteiger charge is 2.33. The number of aromatic nitrogens is 1. The van der Waals surface area contributed by atoms with Crippen molar-refractivity contribution in [3.63, 3.8) is 0 Å². The topological polar surface area (TPSA) is 53.4 Å². The molecule has 1 aromatic heterocycles. The summed E-state index contributed by atoms with van der Waals surface area (Å²) in [6.07, 6.45) is 6.02. The summed E-state index contributed by atoms with van der Waals surface area (Å²) in [5.41, 5.74) is 0.598. The number of hydrogen-bond donors (Lipinski definition) is 1. The smallest absolute Gasteiger partial charge is 0.273 e. The summed E-state index contributed by atoms with van der Waals surface area (Å²) in [6, 6.07) is 0. The van der Waals surface area contributed by atoms with Crippen LogP contribution >= 0.6 is 11.3 Å². The first-order valence-corrected chi connectivity index (χ1v) is 9.37. The van der Waals surface area contributed by atoms with Gasteiger partial charge in [-0.3, -0.25) is 4.79 Å². The molecule has 0 aromatic carbocycles. The van der Waals surface area contributed by atoms with E-state index in [1.807, 2.05) is 24.1 Å². The highest BCUT2D eigenvalue weighted by molar-refractivity contribution is 7.09. The van der Waals surface area contributed by atoms with Crippen LogP contribution in [0.5, 0.6) is 0 Å². The van der Waals surface area contributed by atoms with Crippen molar-refractivity contribution in [3.05, 3.63) is 16.1 Å². The average Bonchev–Trinajstić information content (AvgIpc) is 3.02. The number of piperidine rings is 1. The van der Waals surface area contributed by atoms with E-state index < -0.39 is 0 Å². The van der Waals surface area contributed by atoms with Crippen LogP contribution in [-0.2, 0) is 0 Å². The second-order valence-electron chi connectivity index (χ2n) is 7.06. The van der Waals surface area contributed by atoms with Gasteiger partial charge in [0, 0.05) is 24.4 Å². The van der Waals surface area contributed by atoms with Gasteiger partial charge in [0.15, 0.2) is 0 Å². The first kappa shape index (κ1) is 15.9. The Hall–Kier alpha value is -0.940. The highest BCUT2D eigenvalue weighted by atomic mass is 32.1. The van der Waals surface area contributed by atoms with Crippen LogP contribution in [0.2, 0.25) is 0 Å². The van der Waals surface area contributed by atoms with Gasteiger partial charge >= 0.3 is 0 Å². The van der Waals surface area contributed by atoms with E-state index in [1.54, 1.807) is 11.3 Å². The Bertz CT molecular complexity index is 512. The zero-order valence-electron chi connectivity index (χ0n) is 13.5.